The summed E-state index contributed by atoms with van der Waals surface area (Å²) in [6.07, 6.45) is 4.88. The third-order valence-corrected chi connectivity index (χ3v) is 4.38. The molecule has 0 saturated carbocycles. The lowest BCUT2D eigenvalue weighted by Crippen LogP contribution is -2.10. The maximum atomic E-state index is 11.8. The maximum absolute atomic E-state index is 11.8. The van der Waals surface area contributed by atoms with Gasteiger partial charge in [-0.2, -0.15) is 0 Å². The van der Waals surface area contributed by atoms with E-state index < -0.39 is 0 Å². The van der Waals surface area contributed by atoms with Crippen molar-refractivity contribution in [3.63, 3.8) is 0 Å². The van der Waals surface area contributed by atoms with Crippen LogP contribution in [0.25, 0.3) is 0 Å². The van der Waals surface area contributed by atoms with E-state index in [-0.39, 0.29) is 5.97 Å². The Morgan fingerprint density at radius 3 is 2.71 bits per heavy atom. The number of carbonyl (C=O) groups is 1. The lowest BCUT2D eigenvalue weighted by atomic mass is 9.97. The number of hydrogen-bond donors (Lipinski definition) is 0. The fourth-order valence-corrected chi connectivity index (χ4v) is 2.77. The van der Waals surface area contributed by atoms with Crippen LogP contribution in [0.2, 0.25) is 0 Å². The normalized spacial score (nSPS) is 10.9. The summed E-state index contributed by atoms with van der Waals surface area (Å²) in [7, 11) is 5.72. The fraction of sp³-hybridized carbons (Fsp3) is 0.591. The van der Waals surface area contributed by atoms with E-state index in [1.165, 1.54) is 0 Å². The number of aromatic nitrogens is 3. The molecule has 0 spiro atoms. The summed E-state index contributed by atoms with van der Waals surface area (Å²) in [5.41, 5.74) is 1.81. The number of benzene rings is 1. The highest BCUT2D eigenvalue weighted by molar-refractivity contribution is 6.08. The van der Waals surface area contributed by atoms with E-state index in [0.29, 0.717) is 63.8 Å². The average Bonchev–Trinajstić information content (AvgIpc) is 3.22. The molecule has 1 aromatic heterocycles. The Morgan fingerprint density at radius 2 is 1.94 bits per heavy atom. The summed E-state index contributed by atoms with van der Waals surface area (Å²) >= 11 is 0. The highest BCUT2D eigenvalue weighted by atomic mass is 16.6. The summed E-state index contributed by atoms with van der Waals surface area (Å²) in [5, 5.41) is 8.30. The molecule has 2 radical (unpaired) electrons. The van der Waals surface area contributed by atoms with Gasteiger partial charge in [-0.15, -0.1) is 5.10 Å². The zero-order valence-electron chi connectivity index (χ0n) is 18.5. The summed E-state index contributed by atoms with van der Waals surface area (Å²) in [5.74, 6) is 0.678. The molecule has 9 heteroatoms. The first-order valence-electron chi connectivity index (χ1n) is 10.9. The summed E-state index contributed by atoms with van der Waals surface area (Å²) < 4.78 is 23.8. The molecule has 31 heavy (non-hydrogen) atoms. The Hall–Kier alpha value is -2.39. The molecular formula is C22H32BN3O5. The van der Waals surface area contributed by atoms with Crippen LogP contribution in [0.1, 0.15) is 44.4 Å². The lowest BCUT2D eigenvalue weighted by Gasteiger charge is -2.13. The Bertz CT molecular complexity index is 784. The molecule has 0 aliphatic rings. The van der Waals surface area contributed by atoms with Crippen molar-refractivity contribution in [1.29, 1.82) is 0 Å². The van der Waals surface area contributed by atoms with E-state index >= 15 is 0 Å². The van der Waals surface area contributed by atoms with Crippen LogP contribution >= 0.6 is 0 Å². The van der Waals surface area contributed by atoms with Crippen LogP contribution < -0.4 is 9.47 Å². The first-order valence-corrected chi connectivity index (χ1v) is 10.9. The van der Waals surface area contributed by atoms with Crippen LogP contribution in [0.4, 0.5) is 0 Å². The van der Waals surface area contributed by atoms with Gasteiger partial charge in [0.1, 0.15) is 0 Å². The molecule has 0 atom stereocenters. The van der Waals surface area contributed by atoms with Crippen molar-refractivity contribution in [1.82, 2.24) is 15.0 Å². The molecule has 0 bridgehead atoms. The number of carbonyl (C=O) groups excluding carboxylic acids is 1. The second-order valence-corrected chi connectivity index (χ2v) is 6.94. The summed E-state index contributed by atoms with van der Waals surface area (Å²) in [4.78, 5) is 11.8. The van der Waals surface area contributed by atoms with E-state index in [2.05, 4.69) is 10.3 Å². The van der Waals surface area contributed by atoms with Gasteiger partial charge in [-0.1, -0.05) is 30.1 Å². The van der Waals surface area contributed by atoms with E-state index in [1.807, 2.05) is 32.2 Å². The molecule has 0 amide bonds. The molecule has 168 valence electrons. The van der Waals surface area contributed by atoms with Gasteiger partial charge in [-0.25, -0.2) is 4.68 Å². The second-order valence-electron chi connectivity index (χ2n) is 6.94. The molecule has 0 fully saturated rings. The molecule has 0 N–H and O–H groups in total. The van der Waals surface area contributed by atoms with E-state index in [4.69, 9.17) is 26.8 Å². The van der Waals surface area contributed by atoms with E-state index in [9.17, 15) is 4.79 Å². The van der Waals surface area contributed by atoms with E-state index in [1.54, 1.807) is 10.7 Å². The zero-order chi connectivity index (χ0) is 22.3. The smallest absolute Gasteiger partial charge is 0.311 e. The Kier molecular flexibility index (Phi) is 11.7. The van der Waals surface area contributed by atoms with Crippen LogP contribution in [0, 0.1) is 0 Å². The Morgan fingerprint density at radius 1 is 1.10 bits per heavy atom. The molecule has 0 aliphatic carbocycles. The van der Waals surface area contributed by atoms with Gasteiger partial charge in [0.05, 0.1) is 46.5 Å². The fourth-order valence-electron chi connectivity index (χ4n) is 2.77. The minimum atomic E-state index is -0.272. The summed E-state index contributed by atoms with van der Waals surface area (Å²) in [6, 6.07) is 5.38. The number of esters is 1. The van der Waals surface area contributed by atoms with Gasteiger partial charge < -0.3 is 18.9 Å². The van der Waals surface area contributed by atoms with Gasteiger partial charge in [-0.05, 0) is 38.3 Å². The van der Waals surface area contributed by atoms with Crippen LogP contribution in [0.3, 0.4) is 0 Å². The molecule has 0 saturated heterocycles. The molecule has 2 rings (SSSR count). The number of hydrogen-bond acceptors (Lipinski definition) is 7. The molecule has 1 heterocycles. The minimum Gasteiger partial charge on any atom is -0.490 e. The maximum Gasteiger partial charge on any atom is 0.311 e. The van der Waals surface area contributed by atoms with Gasteiger partial charge in [0.2, 0.25) is 0 Å². The highest BCUT2D eigenvalue weighted by Gasteiger charge is 2.11. The lowest BCUT2D eigenvalue weighted by molar-refractivity contribution is -0.134. The first kappa shape index (κ1) is 24.9. The zero-order valence-corrected chi connectivity index (χ0v) is 18.5. The summed E-state index contributed by atoms with van der Waals surface area (Å²) in [6.45, 7) is 7.44. The topological polar surface area (TPSA) is 84.7 Å². The number of rotatable bonds is 16. The molecule has 1 aromatic carbocycles. The van der Waals surface area contributed by atoms with Crippen molar-refractivity contribution >= 4 is 13.8 Å². The van der Waals surface area contributed by atoms with Crippen molar-refractivity contribution < 1.29 is 23.7 Å². The highest BCUT2D eigenvalue weighted by Crippen LogP contribution is 2.29. The van der Waals surface area contributed by atoms with E-state index in [0.717, 1.165) is 30.5 Å². The Balaban J connectivity index is 1.75. The Labute approximate surface area is 185 Å². The monoisotopic (exact) mass is 429 g/mol. The van der Waals surface area contributed by atoms with Gasteiger partial charge >= 0.3 is 5.97 Å². The molecule has 2 aromatic rings. The third kappa shape index (κ3) is 9.52. The van der Waals surface area contributed by atoms with Crippen molar-refractivity contribution in [3.8, 4) is 11.5 Å². The third-order valence-electron chi connectivity index (χ3n) is 4.38. The number of ether oxygens (including phenoxy) is 4. The predicted octanol–water partition coefficient (Wildman–Crippen LogP) is 2.72. The van der Waals surface area contributed by atoms with Gasteiger partial charge in [0.15, 0.2) is 11.5 Å². The van der Waals surface area contributed by atoms with Crippen molar-refractivity contribution in [2.75, 3.05) is 33.0 Å². The molecular weight excluding hydrogens is 397 g/mol. The molecule has 8 nitrogen and oxygen atoms in total. The predicted molar refractivity (Wildman–Crippen MR) is 118 cm³/mol. The second kappa shape index (κ2) is 14.6. The van der Waals surface area contributed by atoms with Crippen LogP contribution in [-0.4, -0.2) is 61.8 Å². The van der Waals surface area contributed by atoms with Crippen molar-refractivity contribution in [3.05, 3.63) is 35.7 Å². The van der Waals surface area contributed by atoms with Crippen LogP contribution in [-0.2, 0) is 33.6 Å². The molecule has 0 aliphatic heterocycles. The first-order chi connectivity index (χ1) is 15.2. The van der Waals surface area contributed by atoms with Crippen molar-refractivity contribution in [2.45, 2.75) is 52.4 Å². The quantitative estimate of drug-likeness (QED) is 0.176. The van der Waals surface area contributed by atoms with Crippen molar-refractivity contribution in [2.24, 2.45) is 0 Å². The van der Waals surface area contributed by atoms with Crippen LogP contribution in [0.5, 0.6) is 11.5 Å². The minimum absolute atomic E-state index is 0.272. The van der Waals surface area contributed by atoms with Gasteiger partial charge in [0, 0.05) is 19.2 Å². The largest absolute Gasteiger partial charge is 0.490 e. The SMILES string of the molecule is [B]Cc1ccc(OC(=O)CCC)c(OCCCc2cn(CCOCCOCC)nn2)c1. The average molecular weight is 429 g/mol. The van der Waals surface area contributed by atoms with Gasteiger partial charge in [0.25, 0.3) is 0 Å². The standard InChI is InChI=1S/C22H32BN3O5/c1-3-6-22(27)31-20-9-8-18(16-23)15-21(20)30-11-5-7-19-17-26(25-24-19)10-12-29-14-13-28-4-2/h8-9,15,17H,3-7,10-14,16H2,1-2H3. The number of nitrogens with zero attached hydrogens (tertiary/aromatic N) is 3. The molecule has 0 unspecified atom stereocenters. The van der Waals surface area contributed by atoms with Crippen LogP contribution in [0.15, 0.2) is 24.4 Å². The van der Waals surface area contributed by atoms with Gasteiger partial charge in [-0.3, -0.25) is 4.79 Å². The number of aryl methyl sites for hydroxylation is 1.